The number of ether oxygens (including phenoxy) is 2. The number of nitrogens with one attached hydrogen (secondary N) is 2. The Hall–Kier alpha value is -4.86. The molecule has 0 radical (unpaired) electrons. The largest absolute Gasteiger partial charge is 0.493 e. The molecule has 0 saturated carbocycles. The minimum atomic E-state index is -0.653. The van der Waals surface area contributed by atoms with Crippen molar-refractivity contribution in [1.82, 2.24) is 19.8 Å². The van der Waals surface area contributed by atoms with E-state index >= 15 is 0 Å². The van der Waals surface area contributed by atoms with Crippen molar-refractivity contribution in [2.45, 2.75) is 19.6 Å². The van der Waals surface area contributed by atoms with E-state index in [2.05, 4.69) is 10.6 Å². The quantitative estimate of drug-likeness (QED) is 0.351. The lowest BCUT2D eigenvalue weighted by Gasteiger charge is -2.16. The fraction of sp³-hybridized carbons (Fsp3) is 0.214. The molecule has 0 aliphatic heterocycles. The number of methoxy groups -OCH3 is 2. The second-order valence-corrected chi connectivity index (χ2v) is 8.52. The average Bonchev–Trinajstić information content (AvgIpc) is 2.96. The van der Waals surface area contributed by atoms with Crippen LogP contribution in [0.5, 0.6) is 11.5 Å². The first-order valence-corrected chi connectivity index (χ1v) is 11.9. The maximum Gasteiger partial charge on any atom is 0.332 e. The van der Waals surface area contributed by atoms with E-state index in [0.717, 1.165) is 10.1 Å². The van der Waals surface area contributed by atoms with Gasteiger partial charge < -0.3 is 20.1 Å². The van der Waals surface area contributed by atoms with Crippen LogP contribution < -0.4 is 31.4 Å². The van der Waals surface area contributed by atoms with Gasteiger partial charge in [0.05, 0.1) is 31.7 Å². The normalized spacial score (nSPS) is 10.7. The van der Waals surface area contributed by atoms with Gasteiger partial charge in [0.25, 0.3) is 11.5 Å². The highest BCUT2D eigenvalue weighted by atomic mass is 16.5. The summed E-state index contributed by atoms with van der Waals surface area (Å²) >= 11 is 0. The van der Waals surface area contributed by atoms with Gasteiger partial charge in [0.2, 0.25) is 5.91 Å². The molecule has 3 aromatic carbocycles. The molecule has 0 aliphatic carbocycles. The van der Waals surface area contributed by atoms with Gasteiger partial charge in [0, 0.05) is 25.2 Å². The molecule has 2 amide bonds. The number of amides is 2. The second-order valence-electron chi connectivity index (χ2n) is 8.52. The highest BCUT2D eigenvalue weighted by molar-refractivity contribution is 5.94. The molecule has 1 aromatic heterocycles. The van der Waals surface area contributed by atoms with Gasteiger partial charge in [0.15, 0.2) is 11.5 Å². The lowest BCUT2D eigenvalue weighted by Crippen LogP contribution is -2.42. The minimum absolute atomic E-state index is 0.0540. The number of aromatic nitrogens is 2. The molecule has 2 N–H and O–H groups in total. The Balaban J connectivity index is 1.77. The first kappa shape index (κ1) is 26.2. The lowest BCUT2D eigenvalue weighted by atomic mass is 10.1. The van der Waals surface area contributed by atoms with Gasteiger partial charge in [-0.15, -0.1) is 0 Å². The van der Waals surface area contributed by atoms with Gasteiger partial charge >= 0.3 is 5.69 Å². The minimum Gasteiger partial charge on any atom is -0.493 e. The summed E-state index contributed by atoms with van der Waals surface area (Å²) in [6.07, 6.45) is 0. The maximum absolute atomic E-state index is 13.6. The third-order valence-electron chi connectivity index (χ3n) is 6.15. The van der Waals surface area contributed by atoms with Crippen LogP contribution in [0.25, 0.3) is 10.9 Å². The molecular formula is C28H28N4O6. The molecule has 10 heteroatoms. The Kier molecular flexibility index (Phi) is 7.91. The van der Waals surface area contributed by atoms with Crippen LogP contribution >= 0.6 is 0 Å². The molecule has 196 valence electrons. The van der Waals surface area contributed by atoms with Crippen molar-refractivity contribution in [2.75, 3.05) is 21.3 Å². The summed E-state index contributed by atoms with van der Waals surface area (Å²) in [5.74, 6) is -0.00593. The summed E-state index contributed by atoms with van der Waals surface area (Å²) in [7, 11) is 4.43. The Bertz CT molecular complexity index is 1590. The number of benzene rings is 3. The molecule has 38 heavy (non-hydrogen) atoms. The van der Waals surface area contributed by atoms with E-state index in [1.165, 1.54) is 38.0 Å². The molecule has 0 spiro atoms. The molecule has 0 bridgehead atoms. The SMILES string of the molecule is CNC(=O)c1ccc(Cn2c(=O)c3cc(OC)c(OC)cc3n(CC(=O)NCc3ccccc3)c2=O)cc1. The highest BCUT2D eigenvalue weighted by Crippen LogP contribution is 2.30. The molecule has 0 fully saturated rings. The smallest absolute Gasteiger partial charge is 0.332 e. The van der Waals surface area contributed by atoms with E-state index in [9.17, 15) is 19.2 Å². The van der Waals surface area contributed by atoms with Crippen molar-refractivity contribution in [2.24, 2.45) is 0 Å². The monoisotopic (exact) mass is 516 g/mol. The molecule has 4 aromatic rings. The van der Waals surface area contributed by atoms with Crippen LogP contribution in [0.4, 0.5) is 0 Å². The number of carbonyl (C=O) groups is 2. The molecule has 0 aliphatic rings. The molecule has 10 nitrogen and oxygen atoms in total. The Morgan fingerprint density at radius 2 is 1.50 bits per heavy atom. The fourth-order valence-electron chi connectivity index (χ4n) is 4.12. The number of fused-ring (bicyclic) bond motifs is 1. The summed E-state index contributed by atoms with van der Waals surface area (Å²) in [5, 5.41) is 5.56. The zero-order chi connectivity index (χ0) is 27.2. The molecular weight excluding hydrogens is 488 g/mol. The second kappa shape index (κ2) is 11.5. The van der Waals surface area contributed by atoms with E-state index in [-0.39, 0.29) is 29.9 Å². The predicted octanol–water partition coefficient (Wildman–Crippen LogP) is 1.90. The Morgan fingerprint density at radius 3 is 2.13 bits per heavy atom. The van der Waals surface area contributed by atoms with Crippen LogP contribution in [-0.4, -0.2) is 42.2 Å². The number of rotatable bonds is 9. The van der Waals surface area contributed by atoms with Crippen molar-refractivity contribution >= 4 is 22.7 Å². The summed E-state index contributed by atoms with van der Waals surface area (Å²) in [6, 6.07) is 19.0. The first-order valence-electron chi connectivity index (χ1n) is 11.9. The number of nitrogens with zero attached hydrogens (tertiary/aromatic N) is 2. The van der Waals surface area contributed by atoms with Crippen molar-refractivity contribution in [3.8, 4) is 11.5 Å². The van der Waals surface area contributed by atoms with Gasteiger partial charge in [-0.25, -0.2) is 4.79 Å². The van der Waals surface area contributed by atoms with Crippen molar-refractivity contribution < 1.29 is 19.1 Å². The molecule has 1 heterocycles. The fourth-order valence-corrected chi connectivity index (χ4v) is 4.12. The maximum atomic E-state index is 13.6. The van der Waals surface area contributed by atoms with E-state index in [1.54, 1.807) is 24.3 Å². The zero-order valence-electron chi connectivity index (χ0n) is 21.3. The number of hydrogen-bond acceptors (Lipinski definition) is 6. The van der Waals surface area contributed by atoms with Crippen molar-refractivity contribution in [3.05, 3.63) is 104 Å². The highest BCUT2D eigenvalue weighted by Gasteiger charge is 2.19. The topological polar surface area (TPSA) is 121 Å². The van der Waals surface area contributed by atoms with Crippen LogP contribution in [0.1, 0.15) is 21.5 Å². The molecule has 0 saturated heterocycles. The van der Waals surface area contributed by atoms with E-state index in [1.807, 2.05) is 30.3 Å². The summed E-state index contributed by atoms with van der Waals surface area (Å²) in [4.78, 5) is 51.8. The molecule has 4 rings (SSSR count). The van der Waals surface area contributed by atoms with Gasteiger partial charge in [-0.05, 0) is 29.3 Å². The predicted molar refractivity (Wildman–Crippen MR) is 143 cm³/mol. The van der Waals surface area contributed by atoms with Gasteiger partial charge in [-0.1, -0.05) is 42.5 Å². The third kappa shape index (κ3) is 5.44. The third-order valence-corrected chi connectivity index (χ3v) is 6.15. The summed E-state index contributed by atoms with van der Waals surface area (Å²) < 4.78 is 13.0. The van der Waals surface area contributed by atoms with Crippen LogP contribution in [0.3, 0.4) is 0 Å². The standard InChI is InChI=1S/C28H28N4O6/c1-29-26(34)20-11-9-19(10-12-20)16-32-27(35)21-13-23(37-2)24(38-3)14-22(21)31(28(32)36)17-25(33)30-15-18-7-5-4-6-8-18/h4-14H,15-17H2,1-3H3,(H,29,34)(H,30,33). The van der Waals surface area contributed by atoms with Gasteiger partial charge in [0.1, 0.15) is 6.54 Å². The Morgan fingerprint density at radius 1 is 0.842 bits per heavy atom. The van der Waals surface area contributed by atoms with Gasteiger partial charge in [-0.3, -0.25) is 23.5 Å². The summed E-state index contributed by atoms with van der Waals surface area (Å²) in [6.45, 7) is -0.0734. The van der Waals surface area contributed by atoms with Crippen molar-refractivity contribution in [3.63, 3.8) is 0 Å². The van der Waals surface area contributed by atoms with Crippen molar-refractivity contribution in [1.29, 1.82) is 0 Å². The zero-order valence-corrected chi connectivity index (χ0v) is 21.3. The average molecular weight is 517 g/mol. The van der Waals surface area contributed by atoms with Crippen LogP contribution in [0, 0.1) is 0 Å². The van der Waals surface area contributed by atoms with Crippen LogP contribution in [0.15, 0.2) is 76.3 Å². The lowest BCUT2D eigenvalue weighted by molar-refractivity contribution is -0.121. The van der Waals surface area contributed by atoms with E-state index in [0.29, 0.717) is 29.2 Å². The Labute approximate surface area is 218 Å². The van der Waals surface area contributed by atoms with E-state index in [4.69, 9.17) is 9.47 Å². The number of carbonyl (C=O) groups excluding carboxylic acids is 2. The van der Waals surface area contributed by atoms with Gasteiger partial charge in [-0.2, -0.15) is 0 Å². The first-order chi connectivity index (χ1) is 18.4. The molecule has 0 unspecified atom stereocenters. The summed E-state index contributed by atoms with van der Waals surface area (Å²) in [5.41, 5.74) is 1.05. The van der Waals surface area contributed by atoms with E-state index < -0.39 is 17.2 Å². The van der Waals surface area contributed by atoms with Crippen LogP contribution in [0.2, 0.25) is 0 Å². The number of hydrogen-bond donors (Lipinski definition) is 2. The van der Waals surface area contributed by atoms with Crippen LogP contribution in [-0.2, 0) is 24.4 Å². The molecule has 0 atom stereocenters.